The lowest BCUT2D eigenvalue weighted by atomic mass is 9.95. The van der Waals surface area contributed by atoms with Gasteiger partial charge in [0, 0.05) is 36.5 Å². The summed E-state index contributed by atoms with van der Waals surface area (Å²) in [6, 6.07) is 4.13. The Kier molecular flexibility index (Phi) is 5.64. The van der Waals surface area contributed by atoms with E-state index < -0.39 is 0 Å². The molecule has 2 heterocycles. The van der Waals surface area contributed by atoms with E-state index in [-0.39, 0.29) is 17.7 Å². The molecule has 0 unspecified atom stereocenters. The topological polar surface area (TPSA) is 62.6 Å². The summed E-state index contributed by atoms with van der Waals surface area (Å²) in [5.41, 5.74) is 4.16. The molecule has 0 aliphatic carbocycles. The van der Waals surface area contributed by atoms with E-state index in [9.17, 15) is 9.59 Å². The lowest BCUT2D eigenvalue weighted by Crippen LogP contribution is -2.43. The number of likely N-dealkylation sites (tertiary alicyclic amines) is 1. The molecule has 0 atom stereocenters. The van der Waals surface area contributed by atoms with Gasteiger partial charge in [0.05, 0.1) is 12.7 Å². The van der Waals surface area contributed by atoms with Gasteiger partial charge in [-0.2, -0.15) is 0 Å². The summed E-state index contributed by atoms with van der Waals surface area (Å²) in [5, 5.41) is 3.98. The maximum atomic E-state index is 12.7. The van der Waals surface area contributed by atoms with E-state index in [1.807, 2.05) is 17.9 Å². The summed E-state index contributed by atoms with van der Waals surface area (Å²) in [5.74, 6) is 0.273. The minimum Gasteiger partial charge on any atom is -0.464 e. The lowest BCUT2D eigenvalue weighted by molar-refractivity contribution is -0.135. The minimum atomic E-state index is 0.0333. The Morgan fingerprint density at radius 2 is 1.88 bits per heavy atom. The number of carbonyl (C=O) groups excluding carboxylic acids is 2. The smallest absolute Gasteiger partial charge is 0.227 e. The van der Waals surface area contributed by atoms with E-state index in [4.69, 9.17) is 4.42 Å². The molecule has 1 saturated heterocycles. The minimum absolute atomic E-state index is 0.0333. The van der Waals surface area contributed by atoms with E-state index in [0.717, 1.165) is 42.3 Å². The molecule has 0 radical (unpaired) electrons. The quantitative estimate of drug-likeness (QED) is 0.893. The van der Waals surface area contributed by atoms with Gasteiger partial charge in [-0.3, -0.25) is 9.59 Å². The third-order valence-corrected chi connectivity index (χ3v) is 5.38. The molecule has 1 aliphatic heterocycles. The Bertz CT molecular complexity index is 801. The van der Waals surface area contributed by atoms with Gasteiger partial charge >= 0.3 is 0 Å². The fraction of sp³-hybridized carbons (Fsp3) is 0.524. The molecule has 3 rings (SSSR count). The molecule has 26 heavy (non-hydrogen) atoms. The summed E-state index contributed by atoms with van der Waals surface area (Å²) in [7, 11) is 0. The van der Waals surface area contributed by atoms with Crippen LogP contribution in [0.5, 0.6) is 0 Å². The number of piperidine rings is 1. The molecule has 0 saturated carbocycles. The molecule has 2 amide bonds. The van der Waals surface area contributed by atoms with Crippen LogP contribution < -0.4 is 5.32 Å². The number of amides is 2. The second-order valence-corrected chi connectivity index (χ2v) is 7.32. The van der Waals surface area contributed by atoms with E-state index in [2.05, 4.69) is 25.2 Å². The number of hydrogen-bond acceptors (Lipinski definition) is 3. The fourth-order valence-electron chi connectivity index (χ4n) is 3.53. The fourth-order valence-corrected chi connectivity index (χ4v) is 3.53. The molecule has 0 bridgehead atoms. The molecule has 2 aromatic rings. The van der Waals surface area contributed by atoms with Gasteiger partial charge in [0.15, 0.2) is 0 Å². The van der Waals surface area contributed by atoms with Crippen LogP contribution in [0.4, 0.5) is 0 Å². The predicted octanol–water partition coefficient (Wildman–Crippen LogP) is 3.36. The molecule has 5 nitrogen and oxygen atoms in total. The Balaban J connectivity index is 1.60. The van der Waals surface area contributed by atoms with Crippen molar-refractivity contribution in [3.05, 3.63) is 35.1 Å². The number of carbonyl (C=O) groups is 2. The SMILES string of the molecule is CCCNC(=O)C1CCN(C(=O)Cc2coc3cc(C)c(C)cc23)CC1. The van der Waals surface area contributed by atoms with Gasteiger partial charge in [0.2, 0.25) is 11.8 Å². The standard InChI is InChI=1S/C21H28N2O3/c1-4-7-22-21(25)16-5-8-23(9-6-16)20(24)12-17-13-26-19-11-15(3)14(2)10-18(17)19/h10-11,13,16H,4-9,12H2,1-3H3,(H,22,25). The van der Waals surface area contributed by atoms with E-state index in [1.54, 1.807) is 6.26 Å². The number of furan rings is 1. The number of benzene rings is 1. The largest absolute Gasteiger partial charge is 0.464 e. The monoisotopic (exact) mass is 356 g/mol. The van der Waals surface area contributed by atoms with Crippen molar-refractivity contribution >= 4 is 22.8 Å². The van der Waals surface area contributed by atoms with Crippen molar-refractivity contribution in [2.75, 3.05) is 19.6 Å². The van der Waals surface area contributed by atoms with E-state index in [1.165, 1.54) is 11.1 Å². The van der Waals surface area contributed by atoms with Gasteiger partial charge in [-0.1, -0.05) is 6.92 Å². The molecule has 1 aromatic carbocycles. The first-order valence-corrected chi connectivity index (χ1v) is 9.52. The van der Waals surface area contributed by atoms with E-state index >= 15 is 0 Å². The molecule has 140 valence electrons. The lowest BCUT2D eigenvalue weighted by Gasteiger charge is -2.31. The summed E-state index contributed by atoms with van der Waals surface area (Å²) < 4.78 is 5.64. The Hall–Kier alpha value is -2.30. The molecule has 0 spiro atoms. The summed E-state index contributed by atoms with van der Waals surface area (Å²) in [6.45, 7) is 8.20. The van der Waals surface area contributed by atoms with Gasteiger partial charge < -0.3 is 14.6 Å². The van der Waals surface area contributed by atoms with Crippen molar-refractivity contribution in [1.29, 1.82) is 0 Å². The maximum Gasteiger partial charge on any atom is 0.227 e. The highest BCUT2D eigenvalue weighted by atomic mass is 16.3. The van der Waals surface area contributed by atoms with Crippen molar-refractivity contribution < 1.29 is 14.0 Å². The molecule has 1 N–H and O–H groups in total. The van der Waals surface area contributed by atoms with E-state index in [0.29, 0.717) is 19.5 Å². The van der Waals surface area contributed by atoms with Crippen molar-refractivity contribution in [1.82, 2.24) is 10.2 Å². The Morgan fingerprint density at radius 1 is 1.19 bits per heavy atom. The van der Waals surface area contributed by atoms with Crippen LogP contribution in [-0.4, -0.2) is 36.3 Å². The maximum absolute atomic E-state index is 12.7. The number of nitrogens with one attached hydrogen (secondary N) is 1. The molecular formula is C21H28N2O3. The normalized spacial score (nSPS) is 15.4. The van der Waals surface area contributed by atoms with Crippen molar-refractivity contribution in [3.8, 4) is 0 Å². The van der Waals surface area contributed by atoms with Crippen LogP contribution >= 0.6 is 0 Å². The number of fused-ring (bicyclic) bond motifs is 1. The molecule has 1 aromatic heterocycles. The highest BCUT2D eigenvalue weighted by Crippen LogP contribution is 2.26. The first-order valence-electron chi connectivity index (χ1n) is 9.52. The second kappa shape index (κ2) is 7.94. The van der Waals surface area contributed by atoms with Crippen molar-refractivity contribution in [3.63, 3.8) is 0 Å². The van der Waals surface area contributed by atoms with Gasteiger partial charge in [-0.25, -0.2) is 0 Å². The molecule has 5 heteroatoms. The second-order valence-electron chi connectivity index (χ2n) is 7.32. The van der Waals surface area contributed by atoms with Crippen LogP contribution in [0.2, 0.25) is 0 Å². The Labute approximate surface area is 154 Å². The number of aryl methyl sites for hydroxylation is 2. The molecular weight excluding hydrogens is 328 g/mol. The van der Waals surface area contributed by atoms with Gasteiger partial charge in [-0.05, 0) is 56.4 Å². The van der Waals surface area contributed by atoms with Gasteiger partial charge in [-0.15, -0.1) is 0 Å². The summed E-state index contributed by atoms with van der Waals surface area (Å²) in [6.07, 6.45) is 4.48. The highest BCUT2D eigenvalue weighted by Gasteiger charge is 2.27. The average molecular weight is 356 g/mol. The van der Waals surface area contributed by atoms with Crippen LogP contribution in [0, 0.1) is 19.8 Å². The zero-order valence-corrected chi connectivity index (χ0v) is 15.9. The van der Waals surface area contributed by atoms with Gasteiger partial charge in [0.1, 0.15) is 5.58 Å². The third kappa shape index (κ3) is 3.92. The van der Waals surface area contributed by atoms with Crippen LogP contribution in [0.25, 0.3) is 11.0 Å². The average Bonchev–Trinajstić information content (AvgIpc) is 3.01. The van der Waals surface area contributed by atoms with Crippen LogP contribution in [-0.2, 0) is 16.0 Å². The first-order chi connectivity index (χ1) is 12.5. The number of rotatable bonds is 5. The summed E-state index contributed by atoms with van der Waals surface area (Å²) in [4.78, 5) is 26.6. The van der Waals surface area contributed by atoms with Gasteiger partial charge in [0.25, 0.3) is 0 Å². The Morgan fingerprint density at radius 3 is 2.58 bits per heavy atom. The number of hydrogen-bond donors (Lipinski definition) is 1. The predicted molar refractivity (Wildman–Crippen MR) is 102 cm³/mol. The van der Waals surface area contributed by atoms with Crippen LogP contribution in [0.15, 0.2) is 22.8 Å². The molecule has 1 fully saturated rings. The van der Waals surface area contributed by atoms with Crippen LogP contribution in [0.3, 0.4) is 0 Å². The molecule has 1 aliphatic rings. The third-order valence-electron chi connectivity index (χ3n) is 5.38. The van der Waals surface area contributed by atoms with Crippen molar-refractivity contribution in [2.45, 2.75) is 46.5 Å². The first kappa shape index (κ1) is 18.5. The highest BCUT2D eigenvalue weighted by molar-refractivity contribution is 5.88. The zero-order valence-electron chi connectivity index (χ0n) is 15.9. The summed E-state index contributed by atoms with van der Waals surface area (Å²) >= 11 is 0. The van der Waals surface area contributed by atoms with Crippen molar-refractivity contribution in [2.24, 2.45) is 5.92 Å². The zero-order chi connectivity index (χ0) is 18.7. The van der Waals surface area contributed by atoms with Crippen LogP contribution in [0.1, 0.15) is 42.9 Å². The number of nitrogens with zero attached hydrogens (tertiary/aromatic N) is 1.